The van der Waals surface area contributed by atoms with Crippen LogP contribution in [-0.2, 0) is 9.59 Å². The minimum Gasteiger partial charge on any atom is -0.426 e. The average Bonchev–Trinajstić information content (AvgIpc) is 2.62. The first-order valence-electron chi connectivity index (χ1n) is 9.76. The Morgan fingerprint density at radius 1 is 1.29 bits per heavy atom. The van der Waals surface area contributed by atoms with E-state index in [1.807, 2.05) is 13.8 Å². The van der Waals surface area contributed by atoms with E-state index in [9.17, 15) is 29.8 Å². The number of amides is 1. The highest BCUT2D eigenvalue weighted by molar-refractivity contribution is 6.43. The van der Waals surface area contributed by atoms with Crippen LogP contribution in [0.5, 0.6) is 0 Å². The van der Waals surface area contributed by atoms with Gasteiger partial charge in [-0.05, 0) is 38.2 Å². The molecular weight excluding hydrogens is 405 g/mol. The maximum Gasteiger partial charge on any atom is 0.475 e. The van der Waals surface area contributed by atoms with Crippen LogP contribution in [0.1, 0.15) is 53.9 Å². The molecule has 0 rings (SSSR count). The van der Waals surface area contributed by atoms with Gasteiger partial charge in [0.05, 0.1) is 5.94 Å². The topological polar surface area (TPSA) is 180 Å². The van der Waals surface area contributed by atoms with Crippen molar-refractivity contribution in [3.63, 3.8) is 0 Å². The largest absolute Gasteiger partial charge is 0.475 e. The first-order chi connectivity index (χ1) is 14.1. The normalized spacial score (nSPS) is 13.7. The molecule has 0 aromatic heterocycles. The van der Waals surface area contributed by atoms with Crippen molar-refractivity contribution >= 4 is 24.8 Å². The fraction of sp³-hybridized carbons (Fsp3) is 0.632. The zero-order valence-corrected chi connectivity index (χ0v) is 17.7. The van der Waals surface area contributed by atoms with Gasteiger partial charge in [0.25, 0.3) is 5.96 Å². The van der Waals surface area contributed by atoms with Crippen LogP contribution in [0.4, 0.5) is 0 Å². The third-order valence-corrected chi connectivity index (χ3v) is 4.02. The SMILES string of the molecule is C.C/C=C/C=C/C(=O)C[C@@H](CCCN=C(N)N[N+](=O)[O-])C(=O)N[C@@H](CC(C)C)B(O)O. The minimum atomic E-state index is -1.72. The highest BCUT2D eigenvalue weighted by atomic mass is 16.7. The summed E-state index contributed by atoms with van der Waals surface area (Å²) in [7, 11) is -1.72. The molecule has 0 saturated heterocycles. The van der Waals surface area contributed by atoms with E-state index in [1.165, 1.54) is 6.08 Å². The lowest BCUT2D eigenvalue weighted by Crippen LogP contribution is -2.49. The van der Waals surface area contributed by atoms with Gasteiger partial charge in [-0.2, -0.15) is 0 Å². The van der Waals surface area contributed by atoms with Crippen molar-refractivity contribution in [1.82, 2.24) is 10.7 Å². The number of aliphatic imine (C=N–C) groups is 1. The second-order valence-electron chi connectivity index (χ2n) is 7.19. The van der Waals surface area contributed by atoms with Gasteiger partial charge in [-0.15, -0.1) is 0 Å². The van der Waals surface area contributed by atoms with Crippen molar-refractivity contribution in [1.29, 1.82) is 0 Å². The van der Waals surface area contributed by atoms with E-state index >= 15 is 0 Å². The molecular formula is C19H36BN5O6. The van der Waals surface area contributed by atoms with E-state index in [1.54, 1.807) is 30.6 Å². The van der Waals surface area contributed by atoms with Crippen LogP contribution in [0.2, 0.25) is 0 Å². The number of ketones is 1. The van der Waals surface area contributed by atoms with Gasteiger partial charge in [0.2, 0.25) is 5.91 Å². The van der Waals surface area contributed by atoms with Gasteiger partial charge >= 0.3 is 7.12 Å². The van der Waals surface area contributed by atoms with Gasteiger partial charge in [0.15, 0.2) is 10.8 Å². The van der Waals surface area contributed by atoms with Crippen LogP contribution in [0.15, 0.2) is 29.3 Å². The number of carbonyl (C=O) groups is 2. The molecule has 0 spiro atoms. The Hall–Kier alpha value is -2.73. The smallest absolute Gasteiger partial charge is 0.426 e. The first kappa shape index (κ1) is 30.5. The lowest BCUT2D eigenvalue weighted by Gasteiger charge is -2.23. The van der Waals surface area contributed by atoms with Crippen molar-refractivity contribution in [2.75, 3.05) is 6.54 Å². The molecule has 31 heavy (non-hydrogen) atoms. The van der Waals surface area contributed by atoms with Crippen LogP contribution in [0, 0.1) is 22.0 Å². The van der Waals surface area contributed by atoms with Crippen LogP contribution >= 0.6 is 0 Å². The minimum absolute atomic E-state index is 0. The van der Waals surface area contributed by atoms with Crippen LogP contribution in [-0.4, -0.2) is 52.3 Å². The van der Waals surface area contributed by atoms with Gasteiger partial charge in [-0.1, -0.05) is 44.9 Å². The summed E-state index contributed by atoms with van der Waals surface area (Å²) < 4.78 is 0. The fourth-order valence-corrected chi connectivity index (χ4v) is 2.64. The van der Waals surface area contributed by atoms with Gasteiger partial charge < -0.3 is 21.1 Å². The molecule has 0 aromatic carbocycles. The molecule has 0 aliphatic carbocycles. The van der Waals surface area contributed by atoms with E-state index in [2.05, 4.69) is 10.3 Å². The number of hydrogen-bond acceptors (Lipinski definition) is 7. The summed E-state index contributed by atoms with van der Waals surface area (Å²) in [5.74, 6) is -2.54. The highest BCUT2D eigenvalue weighted by Crippen LogP contribution is 2.15. The second kappa shape index (κ2) is 17.0. The highest BCUT2D eigenvalue weighted by Gasteiger charge is 2.29. The third kappa shape index (κ3) is 15.7. The maximum absolute atomic E-state index is 12.7. The Bertz CT molecular complexity index is 652. The fourth-order valence-electron chi connectivity index (χ4n) is 2.64. The number of hydrazine groups is 1. The van der Waals surface area contributed by atoms with Crippen LogP contribution < -0.4 is 16.5 Å². The Labute approximate surface area is 184 Å². The van der Waals surface area contributed by atoms with E-state index in [0.29, 0.717) is 12.8 Å². The molecule has 0 aromatic rings. The Morgan fingerprint density at radius 3 is 2.45 bits per heavy atom. The molecule has 0 bridgehead atoms. The molecule has 12 heteroatoms. The predicted octanol–water partition coefficient (Wildman–Crippen LogP) is 0.749. The number of nitrogens with two attached hydrogens (primary N) is 1. The molecule has 0 unspecified atom stereocenters. The number of nitrogens with zero attached hydrogens (tertiary/aromatic N) is 2. The van der Waals surface area contributed by atoms with E-state index < -0.39 is 29.9 Å². The lowest BCUT2D eigenvalue weighted by atomic mass is 9.74. The van der Waals surface area contributed by atoms with Crippen molar-refractivity contribution < 1.29 is 24.7 Å². The van der Waals surface area contributed by atoms with Crippen molar-refractivity contribution in [3.05, 3.63) is 34.4 Å². The molecule has 0 aliphatic rings. The monoisotopic (exact) mass is 441 g/mol. The standard InChI is InChI=1S/C18H32BN5O6.CH4/c1-4-5-6-9-15(25)12-14(8-7-10-21-18(20)23-24(29)30)17(26)22-16(19(27)28)11-13(2)3;/h4-6,9,13-14,16,27-28H,7-8,10-12H2,1-3H3,(H,22,26)(H3,20,21,23);1H4/b5-4+,9-6+;/t14-,16+;/m1./s1. The molecule has 11 nitrogen and oxygen atoms in total. The lowest BCUT2D eigenvalue weighted by molar-refractivity contribution is -0.525. The molecule has 1 amide bonds. The molecule has 0 saturated carbocycles. The molecule has 0 radical (unpaired) electrons. The number of nitro groups is 1. The predicted molar refractivity (Wildman–Crippen MR) is 121 cm³/mol. The summed E-state index contributed by atoms with van der Waals surface area (Å²) in [6.45, 7) is 5.70. The number of allylic oxidation sites excluding steroid dienone is 4. The van der Waals surface area contributed by atoms with Crippen molar-refractivity contribution in [3.8, 4) is 0 Å². The van der Waals surface area contributed by atoms with Crippen molar-refractivity contribution in [2.24, 2.45) is 22.6 Å². The first-order valence-corrected chi connectivity index (χ1v) is 9.76. The van der Waals surface area contributed by atoms with Gasteiger partial charge in [0, 0.05) is 18.9 Å². The summed E-state index contributed by atoms with van der Waals surface area (Å²) in [4.78, 5) is 38.9. The van der Waals surface area contributed by atoms with Gasteiger partial charge in [0.1, 0.15) is 0 Å². The molecule has 0 aliphatic heterocycles. The Morgan fingerprint density at radius 2 is 1.94 bits per heavy atom. The summed E-state index contributed by atoms with van der Waals surface area (Å²) in [5, 5.41) is 31.1. The molecule has 0 heterocycles. The number of hydrogen-bond donors (Lipinski definition) is 5. The maximum atomic E-state index is 12.7. The summed E-state index contributed by atoms with van der Waals surface area (Å²) in [6, 6.07) is 0. The Kier molecular flexibility index (Phi) is 16.7. The third-order valence-electron chi connectivity index (χ3n) is 4.02. The van der Waals surface area contributed by atoms with E-state index in [-0.39, 0.29) is 44.5 Å². The Balaban J connectivity index is 0. The number of rotatable bonds is 14. The molecule has 0 fully saturated rings. The number of nitrogens with one attached hydrogen (secondary N) is 2. The summed E-state index contributed by atoms with van der Waals surface area (Å²) >= 11 is 0. The van der Waals surface area contributed by atoms with Gasteiger partial charge in [-0.3, -0.25) is 9.59 Å². The number of carbonyl (C=O) groups excluding carboxylic acids is 2. The zero-order chi connectivity index (χ0) is 23.1. The van der Waals surface area contributed by atoms with Crippen LogP contribution in [0.3, 0.4) is 0 Å². The zero-order valence-electron chi connectivity index (χ0n) is 17.7. The van der Waals surface area contributed by atoms with Crippen LogP contribution in [0.25, 0.3) is 0 Å². The molecule has 176 valence electrons. The number of guanidine groups is 1. The summed E-state index contributed by atoms with van der Waals surface area (Å²) in [5.41, 5.74) is 7.05. The molecule has 6 N–H and O–H groups in total. The quantitative estimate of drug-likeness (QED) is 0.0383. The van der Waals surface area contributed by atoms with E-state index in [4.69, 9.17) is 5.73 Å². The molecule has 2 atom stereocenters. The van der Waals surface area contributed by atoms with Gasteiger partial charge in [-0.25, -0.2) is 15.1 Å². The van der Waals surface area contributed by atoms with Crippen molar-refractivity contribution in [2.45, 2.75) is 59.8 Å². The average molecular weight is 441 g/mol. The summed E-state index contributed by atoms with van der Waals surface area (Å²) in [6.07, 6.45) is 7.29. The second-order valence-corrected chi connectivity index (χ2v) is 7.19. The van der Waals surface area contributed by atoms with E-state index in [0.717, 1.165) is 0 Å².